The molecule has 36 heavy (non-hydrogen) atoms. The third-order valence-corrected chi connectivity index (χ3v) is 6.30. The van der Waals surface area contributed by atoms with Crippen LogP contribution in [0.3, 0.4) is 0 Å². The molecule has 1 aliphatic rings. The van der Waals surface area contributed by atoms with Crippen molar-refractivity contribution < 1.29 is 18.7 Å². The lowest BCUT2D eigenvalue weighted by molar-refractivity contribution is 0.0969. The first-order valence-corrected chi connectivity index (χ1v) is 12.1. The molecule has 8 heteroatoms. The quantitative estimate of drug-likeness (QED) is 0.297. The summed E-state index contributed by atoms with van der Waals surface area (Å²) in [6.07, 6.45) is 7.49. The van der Waals surface area contributed by atoms with Crippen molar-refractivity contribution in [2.75, 3.05) is 18.6 Å². The summed E-state index contributed by atoms with van der Waals surface area (Å²) in [5.41, 5.74) is 1.00. The molecule has 184 valence electrons. The number of amides is 1. The highest BCUT2D eigenvalue weighted by Crippen LogP contribution is 2.42. The number of nitrogens with zero attached hydrogens (tertiary/aromatic N) is 3. The number of ether oxygens (including phenoxy) is 2. The van der Waals surface area contributed by atoms with Gasteiger partial charge >= 0.3 is 0 Å². The second-order valence-electron chi connectivity index (χ2n) is 8.62. The second-order valence-corrected chi connectivity index (χ2v) is 8.62. The Kier molecular flexibility index (Phi) is 6.66. The van der Waals surface area contributed by atoms with E-state index in [2.05, 4.69) is 16.9 Å². The maximum Gasteiger partial charge on any atom is 0.297 e. The highest BCUT2D eigenvalue weighted by Gasteiger charge is 2.45. The molecule has 0 aliphatic carbocycles. The van der Waals surface area contributed by atoms with Gasteiger partial charge in [-0.15, -0.1) is 0 Å². The maximum absolute atomic E-state index is 13.6. The van der Waals surface area contributed by atoms with Gasteiger partial charge in [0.1, 0.15) is 5.58 Å². The molecule has 0 saturated carbocycles. The van der Waals surface area contributed by atoms with E-state index < -0.39 is 11.9 Å². The summed E-state index contributed by atoms with van der Waals surface area (Å²) in [6, 6.07) is 13.2. The molecule has 1 amide bonds. The Morgan fingerprint density at radius 2 is 1.78 bits per heavy atom. The van der Waals surface area contributed by atoms with E-state index in [1.165, 1.54) is 11.3 Å². The molecule has 1 unspecified atom stereocenters. The highest BCUT2D eigenvalue weighted by atomic mass is 16.5. The van der Waals surface area contributed by atoms with Crippen LogP contribution < -0.4 is 19.8 Å². The van der Waals surface area contributed by atoms with E-state index in [1.807, 2.05) is 12.1 Å². The summed E-state index contributed by atoms with van der Waals surface area (Å²) in [4.78, 5) is 37.2. The summed E-state index contributed by atoms with van der Waals surface area (Å²) in [5, 5.41) is 0.406. The van der Waals surface area contributed by atoms with E-state index in [0.717, 1.165) is 19.3 Å². The molecule has 0 radical (unpaired) electrons. The number of benzene rings is 2. The van der Waals surface area contributed by atoms with Crippen LogP contribution in [0.15, 0.2) is 70.1 Å². The molecular formula is C28H27N3O5. The number of fused-ring (bicyclic) bond motifs is 2. The zero-order chi connectivity index (χ0) is 25.1. The normalized spacial score (nSPS) is 14.8. The van der Waals surface area contributed by atoms with Crippen molar-refractivity contribution in [2.45, 2.75) is 38.6 Å². The molecule has 0 fully saturated rings. The zero-order valence-electron chi connectivity index (χ0n) is 20.3. The van der Waals surface area contributed by atoms with Crippen LogP contribution in [-0.2, 0) is 0 Å². The number of methoxy groups -OCH3 is 1. The third-order valence-electron chi connectivity index (χ3n) is 6.30. The Bertz CT molecular complexity index is 1450. The summed E-state index contributed by atoms with van der Waals surface area (Å²) in [7, 11) is 1.57. The van der Waals surface area contributed by atoms with Crippen molar-refractivity contribution in [3.63, 3.8) is 0 Å². The van der Waals surface area contributed by atoms with Crippen molar-refractivity contribution in [3.05, 3.63) is 88.0 Å². The van der Waals surface area contributed by atoms with Crippen LogP contribution in [0.4, 0.5) is 5.95 Å². The van der Waals surface area contributed by atoms with Crippen molar-refractivity contribution in [1.29, 1.82) is 0 Å². The molecule has 8 nitrogen and oxygen atoms in total. The molecule has 3 heterocycles. The van der Waals surface area contributed by atoms with Crippen LogP contribution in [-0.4, -0.2) is 29.6 Å². The average Bonchev–Trinajstić information content (AvgIpc) is 3.21. The summed E-state index contributed by atoms with van der Waals surface area (Å²) in [5.74, 6) is 0.821. The largest absolute Gasteiger partial charge is 0.493 e. The number of para-hydroxylation sites is 1. The zero-order valence-corrected chi connectivity index (χ0v) is 20.3. The molecule has 0 bridgehead atoms. The first kappa shape index (κ1) is 23.5. The predicted octanol–water partition coefficient (Wildman–Crippen LogP) is 5.30. The lowest BCUT2D eigenvalue weighted by Gasteiger charge is -2.23. The van der Waals surface area contributed by atoms with Gasteiger partial charge in [0, 0.05) is 12.4 Å². The lowest BCUT2D eigenvalue weighted by atomic mass is 9.98. The lowest BCUT2D eigenvalue weighted by Crippen LogP contribution is -2.31. The molecule has 2 aromatic carbocycles. The van der Waals surface area contributed by atoms with Crippen LogP contribution in [0.2, 0.25) is 0 Å². The monoisotopic (exact) mass is 485 g/mol. The number of unbranched alkanes of at least 4 members (excludes halogenated alkanes) is 3. The standard InChI is InChI=1S/C28H27N3O5/c1-3-4-5-8-16-35-21-13-12-18(17-22(21)34-2)24-23-25(32)19-10-6-7-11-20(19)36-26(23)27(33)31(24)28-29-14-9-15-30-28/h6-7,9-15,17,24H,3-5,8,16H2,1-2H3. The molecule has 4 aromatic rings. The van der Waals surface area contributed by atoms with E-state index in [9.17, 15) is 9.59 Å². The molecule has 5 rings (SSSR count). The smallest absolute Gasteiger partial charge is 0.297 e. The van der Waals surface area contributed by atoms with E-state index in [1.54, 1.807) is 55.9 Å². The van der Waals surface area contributed by atoms with E-state index >= 15 is 0 Å². The van der Waals surface area contributed by atoms with Gasteiger partial charge in [0.2, 0.25) is 11.7 Å². The van der Waals surface area contributed by atoms with E-state index in [0.29, 0.717) is 34.6 Å². The van der Waals surface area contributed by atoms with Gasteiger partial charge in [-0.1, -0.05) is 44.4 Å². The fraction of sp³-hybridized carbons (Fsp3) is 0.286. The van der Waals surface area contributed by atoms with Gasteiger partial charge in [-0.25, -0.2) is 9.97 Å². The Hall–Kier alpha value is -4.20. The molecule has 2 aromatic heterocycles. The fourth-order valence-corrected chi connectivity index (χ4v) is 4.54. The van der Waals surface area contributed by atoms with Gasteiger partial charge < -0.3 is 13.9 Å². The van der Waals surface area contributed by atoms with Crippen molar-refractivity contribution in [2.24, 2.45) is 0 Å². The van der Waals surface area contributed by atoms with Crippen LogP contribution in [0.25, 0.3) is 11.0 Å². The molecule has 1 atom stereocenters. The van der Waals surface area contributed by atoms with Crippen molar-refractivity contribution >= 4 is 22.8 Å². The van der Waals surface area contributed by atoms with Gasteiger partial charge in [0.05, 0.1) is 30.7 Å². The van der Waals surface area contributed by atoms with E-state index in [4.69, 9.17) is 13.9 Å². The van der Waals surface area contributed by atoms with Crippen molar-refractivity contribution in [3.8, 4) is 11.5 Å². The van der Waals surface area contributed by atoms with Gasteiger partial charge in [0.25, 0.3) is 5.91 Å². The minimum atomic E-state index is -0.789. The second kappa shape index (κ2) is 10.2. The van der Waals surface area contributed by atoms with Gasteiger partial charge in [0.15, 0.2) is 16.9 Å². The summed E-state index contributed by atoms with van der Waals surface area (Å²) in [6.45, 7) is 2.75. The molecular weight excluding hydrogens is 458 g/mol. The fourth-order valence-electron chi connectivity index (χ4n) is 4.54. The Morgan fingerprint density at radius 3 is 2.56 bits per heavy atom. The Morgan fingerprint density at radius 1 is 0.972 bits per heavy atom. The number of rotatable bonds is 9. The van der Waals surface area contributed by atoms with Crippen LogP contribution in [0.1, 0.15) is 60.3 Å². The molecule has 0 N–H and O–H groups in total. The number of aromatic nitrogens is 2. The highest BCUT2D eigenvalue weighted by molar-refractivity contribution is 6.09. The minimum absolute atomic E-state index is 0.00799. The number of hydrogen-bond acceptors (Lipinski definition) is 7. The van der Waals surface area contributed by atoms with E-state index in [-0.39, 0.29) is 22.7 Å². The van der Waals surface area contributed by atoms with Gasteiger partial charge in [-0.05, 0) is 42.3 Å². The topological polar surface area (TPSA) is 94.8 Å². The Labute approximate surface area is 208 Å². The first-order chi connectivity index (χ1) is 17.6. The van der Waals surface area contributed by atoms with Crippen LogP contribution >= 0.6 is 0 Å². The molecule has 1 aliphatic heterocycles. The SMILES string of the molecule is CCCCCCOc1ccc(C2c3c(oc4ccccc4c3=O)C(=O)N2c2ncccn2)cc1OC. The van der Waals surface area contributed by atoms with Crippen LogP contribution in [0.5, 0.6) is 11.5 Å². The number of carbonyl (C=O) groups is 1. The van der Waals surface area contributed by atoms with Gasteiger partial charge in [-0.2, -0.15) is 0 Å². The third kappa shape index (κ3) is 4.19. The predicted molar refractivity (Wildman–Crippen MR) is 136 cm³/mol. The van der Waals surface area contributed by atoms with Gasteiger partial charge in [-0.3, -0.25) is 14.5 Å². The molecule has 0 saturated heterocycles. The number of hydrogen-bond donors (Lipinski definition) is 0. The summed E-state index contributed by atoms with van der Waals surface area (Å²) < 4.78 is 17.5. The minimum Gasteiger partial charge on any atom is -0.493 e. The van der Waals surface area contributed by atoms with Crippen molar-refractivity contribution in [1.82, 2.24) is 9.97 Å². The number of anilines is 1. The first-order valence-electron chi connectivity index (χ1n) is 12.1. The summed E-state index contributed by atoms with van der Waals surface area (Å²) >= 11 is 0. The molecule has 0 spiro atoms. The average molecular weight is 486 g/mol. The number of carbonyl (C=O) groups excluding carboxylic acids is 1. The maximum atomic E-state index is 13.6. The van der Waals surface area contributed by atoms with Crippen LogP contribution in [0, 0.1) is 0 Å². The Balaban J connectivity index is 1.60.